The van der Waals surface area contributed by atoms with Crippen LogP contribution in [-0.2, 0) is 42.9 Å². The number of carbonyl (C=O) groups excluding carboxylic acids is 5. The highest BCUT2D eigenvalue weighted by Crippen LogP contribution is 2.18. The van der Waals surface area contributed by atoms with E-state index in [1.165, 1.54) is 0 Å². The van der Waals surface area contributed by atoms with Crippen molar-refractivity contribution in [1.82, 2.24) is 0 Å². The van der Waals surface area contributed by atoms with Crippen molar-refractivity contribution in [3.8, 4) is 0 Å². The number of aldehydes is 1. The highest BCUT2D eigenvalue weighted by molar-refractivity contribution is 5.72. The van der Waals surface area contributed by atoms with Gasteiger partial charge in [0, 0.05) is 33.1 Å². The number of esters is 4. The molecule has 0 amide bonds. The maximum Gasteiger partial charge on any atom is 0.303 e. The fourth-order valence-corrected chi connectivity index (χ4v) is 1.68. The van der Waals surface area contributed by atoms with Gasteiger partial charge in [0.1, 0.15) is 0 Å². The van der Waals surface area contributed by atoms with E-state index in [-0.39, 0.29) is 6.29 Å². The molecule has 0 saturated heterocycles. The topological polar surface area (TPSA) is 142 Å². The van der Waals surface area contributed by atoms with Gasteiger partial charge in [-0.3, -0.25) is 24.0 Å². The summed E-state index contributed by atoms with van der Waals surface area (Å²) in [5.74, 6) is -4.84. The second-order valence-corrected chi connectivity index (χ2v) is 4.21. The lowest BCUT2D eigenvalue weighted by atomic mass is 10.0. The predicted octanol–water partition coefficient (Wildman–Crippen LogP) is -1.10. The van der Waals surface area contributed by atoms with Crippen molar-refractivity contribution in [3.05, 3.63) is 0 Å². The van der Waals surface area contributed by atoms with Gasteiger partial charge in [0.05, 0.1) is 6.61 Å². The third-order valence-electron chi connectivity index (χ3n) is 2.41. The monoisotopic (exact) mass is 352 g/mol. The molecule has 0 aliphatic rings. The Balaban J connectivity index is 6.02. The van der Waals surface area contributed by atoms with Crippen molar-refractivity contribution in [2.45, 2.75) is 52.0 Å². The maximum atomic E-state index is 11.6. The van der Waals surface area contributed by atoms with E-state index in [4.69, 9.17) is 19.7 Å². The smallest absolute Gasteiger partial charge is 0.303 e. The lowest BCUT2D eigenvalue weighted by Crippen LogP contribution is -2.53. The van der Waals surface area contributed by atoms with E-state index >= 15 is 0 Å². The zero-order valence-corrected chi connectivity index (χ0v) is 12.5. The Morgan fingerprint density at radius 2 is 1.33 bits per heavy atom. The fraction of sp³-hybridized carbons (Fsp3) is 0.643. The lowest BCUT2D eigenvalue weighted by molar-refractivity contribution is -0.199. The zero-order chi connectivity index (χ0) is 21.7. The van der Waals surface area contributed by atoms with Crippen molar-refractivity contribution in [3.63, 3.8) is 0 Å². The minimum absolute atomic E-state index is 0.0161. The van der Waals surface area contributed by atoms with E-state index in [2.05, 4.69) is 4.74 Å². The van der Waals surface area contributed by atoms with Crippen LogP contribution in [0.15, 0.2) is 0 Å². The number of rotatable bonds is 9. The quantitative estimate of drug-likeness (QED) is 0.309. The van der Waals surface area contributed by atoms with Crippen LogP contribution in [0.2, 0.25) is 0 Å². The van der Waals surface area contributed by atoms with Gasteiger partial charge in [-0.25, -0.2) is 0 Å². The minimum Gasteiger partial charge on any atom is -0.456 e. The highest BCUT2D eigenvalue weighted by Gasteiger charge is 2.43. The van der Waals surface area contributed by atoms with Crippen molar-refractivity contribution in [2.24, 2.45) is 0 Å². The molecule has 0 bridgehead atoms. The zero-order valence-electron chi connectivity index (χ0n) is 16.5. The van der Waals surface area contributed by atoms with Crippen LogP contribution in [0.1, 0.15) is 33.1 Å². The van der Waals surface area contributed by atoms with Gasteiger partial charge in [-0.2, -0.15) is 0 Å². The number of hydrogen-bond donors (Lipinski definition) is 1. The van der Waals surface area contributed by atoms with Gasteiger partial charge in [-0.05, 0) is 0 Å². The Bertz CT molecular complexity index is 558. The Morgan fingerprint density at radius 3 is 1.79 bits per heavy atom. The molecule has 0 heterocycles. The first-order valence-corrected chi connectivity index (χ1v) is 6.28. The van der Waals surface area contributed by atoms with Crippen molar-refractivity contribution < 1.29 is 53.5 Å². The summed E-state index contributed by atoms with van der Waals surface area (Å²) in [6.07, 6.45) is -7.59. The maximum absolute atomic E-state index is 11.6. The number of aliphatic hydroxyl groups is 1. The van der Waals surface area contributed by atoms with Crippen LogP contribution in [0.25, 0.3) is 0 Å². The summed E-state index contributed by atoms with van der Waals surface area (Å²) in [6, 6.07) is 0. The SMILES string of the molecule is [2H]CC(=O)O[C@H]([C@H](OC(=O)C[2H])[C@@H](CO)OC(=O)C[2H])[C@H](C=O)OC(=O)C[2H]. The molecule has 24 heavy (non-hydrogen) atoms. The number of aliphatic hydroxyl groups excluding tert-OH is 1. The summed E-state index contributed by atoms with van der Waals surface area (Å²) in [6.45, 7) is -4.67. The van der Waals surface area contributed by atoms with E-state index in [1.54, 1.807) is 0 Å². The van der Waals surface area contributed by atoms with Crippen LogP contribution in [0.5, 0.6) is 0 Å². The molecule has 0 aromatic heterocycles. The minimum atomic E-state index is -1.96. The average molecular weight is 352 g/mol. The Labute approximate surface area is 143 Å². The summed E-state index contributed by atoms with van der Waals surface area (Å²) in [5.41, 5.74) is 0. The van der Waals surface area contributed by atoms with Gasteiger partial charge in [0.2, 0.25) is 0 Å². The average Bonchev–Trinajstić information content (AvgIpc) is 2.71. The molecule has 0 aromatic rings. The molecule has 0 saturated carbocycles. The molecule has 0 aliphatic heterocycles. The second kappa shape index (κ2) is 10.3. The van der Waals surface area contributed by atoms with Crippen LogP contribution in [0.4, 0.5) is 0 Å². The molecule has 0 unspecified atom stereocenters. The van der Waals surface area contributed by atoms with Gasteiger partial charge in [0.25, 0.3) is 0 Å². The van der Waals surface area contributed by atoms with Gasteiger partial charge in [0.15, 0.2) is 30.7 Å². The normalized spacial score (nSPS) is 17.4. The van der Waals surface area contributed by atoms with Crippen molar-refractivity contribution in [2.75, 3.05) is 6.61 Å². The number of ether oxygens (including phenoxy) is 4. The van der Waals surface area contributed by atoms with Gasteiger partial charge >= 0.3 is 23.9 Å². The van der Waals surface area contributed by atoms with Gasteiger partial charge in [-0.15, -0.1) is 0 Å². The van der Waals surface area contributed by atoms with E-state index in [0.29, 0.717) is 0 Å². The number of hydrogen-bond acceptors (Lipinski definition) is 10. The Kier molecular flexibility index (Phi) is 6.47. The summed E-state index contributed by atoms with van der Waals surface area (Å²) < 4.78 is 46.9. The molecule has 10 nitrogen and oxygen atoms in total. The van der Waals surface area contributed by atoms with Gasteiger partial charge in [-0.1, -0.05) is 0 Å². The summed E-state index contributed by atoms with van der Waals surface area (Å²) >= 11 is 0. The molecule has 0 aliphatic carbocycles. The molecule has 0 aromatic carbocycles. The molecule has 0 rings (SSSR count). The van der Waals surface area contributed by atoms with E-state index in [9.17, 15) is 29.1 Å². The molecular weight excluding hydrogens is 328 g/mol. The highest BCUT2D eigenvalue weighted by atomic mass is 16.6. The molecule has 10 heteroatoms. The summed E-state index contributed by atoms with van der Waals surface area (Å²) in [5, 5.41) is 9.47. The first kappa shape index (κ1) is 15.1. The first-order chi connectivity index (χ1) is 13.3. The standard InChI is InChI=1S/C14H20O10/c1-7(17)21-11(5-15)13(23-9(3)19)14(24-10(4)20)12(6-16)22-8(2)18/h5,11-14,16H,6H2,1-4H3/t11-,12+,13-,14+/m0/s1/i1D,2D,3D,4D. The molecular formula is C14H20O10. The van der Waals surface area contributed by atoms with Crippen LogP contribution < -0.4 is 0 Å². The van der Waals surface area contributed by atoms with Crippen LogP contribution >= 0.6 is 0 Å². The molecule has 1 N–H and O–H groups in total. The van der Waals surface area contributed by atoms with Gasteiger partial charge < -0.3 is 24.1 Å². The van der Waals surface area contributed by atoms with Crippen molar-refractivity contribution >= 4 is 30.2 Å². The van der Waals surface area contributed by atoms with Crippen LogP contribution in [-0.4, -0.2) is 66.3 Å². The third kappa shape index (κ3) is 7.68. The second-order valence-electron chi connectivity index (χ2n) is 4.21. The Hall–Kier alpha value is -2.49. The molecule has 0 fully saturated rings. The van der Waals surface area contributed by atoms with Crippen molar-refractivity contribution in [1.29, 1.82) is 0 Å². The largest absolute Gasteiger partial charge is 0.456 e. The van der Waals surface area contributed by atoms with E-state index in [1.807, 2.05) is 0 Å². The van der Waals surface area contributed by atoms with Crippen LogP contribution in [0.3, 0.4) is 0 Å². The van der Waals surface area contributed by atoms with E-state index in [0.717, 1.165) is 0 Å². The fourth-order valence-electron chi connectivity index (χ4n) is 1.68. The molecule has 4 atom stereocenters. The molecule has 0 spiro atoms. The Morgan fingerprint density at radius 1 is 0.875 bits per heavy atom. The molecule has 0 radical (unpaired) electrons. The van der Waals surface area contributed by atoms with Crippen LogP contribution in [0, 0.1) is 0 Å². The first-order valence-electron chi connectivity index (χ1n) is 9.11. The summed E-state index contributed by atoms with van der Waals surface area (Å²) in [4.78, 5) is 57.3. The third-order valence-corrected chi connectivity index (χ3v) is 2.41. The lowest BCUT2D eigenvalue weighted by Gasteiger charge is -2.33. The van der Waals surface area contributed by atoms with E-state index < -0.39 is 82.5 Å². The predicted molar refractivity (Wildman–Crippen MR) is 75.4 cm³/mol. The molecule has 136 valence electrons. The number of carbonyl (C=O) groups is 5. The summed E-state index contributed by atoms with van der Waals surface area (Å²) in [7, 11) is 0.